The minimum absolute atomic E-state index is 0.0358. The molecule has 8 heteroatoms. The number of pyridine rings is 1. The quantitative estimate of drug-likeness (QED) is 0.351. The lowest BCUT2D eigenvalue weighted by atomic mass is 10.2. The van der Waals surface area contributed by atoms with E-state index < -0.39 is 0 Å². The van der Waals surface area contributed by atoms with Gasteiger partial charge in [-0.2, -0.15) is 0 Å². The van der Waals surface area contributed by atoms with Crippen molar-refractivity contribution in [3.8, 4) is 17.1 Å². The minimum Gasteiger partial charge on any atom is -0.348 e. The van der Waals surface area contributed by atoms with Crippen molar-refractivity contribution < 1.29 is 4.79 Å². The molecule has 0 saturated heterocycles. The Labute approximate surface area is 171 Å². The summed E-state index contributed by atoms with van der Waals surface area (Å²) in [5.74, 6) is 0.979. The average molecular weight is 410 g/mol. The molecule has 0 atom stereocenters. The predicted octanol–water partition coefficient (Wildman–Crippen LogP) is 4.30. The minimum atomic E-state index is 0.0358. The van der Waals surface area contributed by atoms with Crippen LogP contribution in [0.3, 0.4) is 0 Å². The van der Waals surface area contributed by atoms with Gasteiger partial charge in [0, 0.05) is 41.9 Å². The fraction of sp³-hybridized carbons (Fsp3) is 0.100. The summed E-state index contributed by atoms with van der Waals surface area (Å²) in [7, 11) is 1.86. The summed E-state index contributed by atoms with van der Waals surface area (Å²) in [6.07, 6.45) is 5.28. The van der Waals surface area contributed by atoms with Gasteiger partial charge in [-0.3, -0.25) is 14.3 Å². The van der Waals surface area contributed by atoms with E-state index in [1.807, 2.05) is 70.9 Å². The van der Waals surface area contributed by atoms with Gasteiger partial charge in [-0.15, -0.1) is 10.2 Å². The zero-order valence-corrected chi connectivity index (χ0v) is 16.6. The van der Waals surface area contributed by atoms with E-state index in [0.717, 1.165) is 11.3 Å². The molecule has 0 fully saturated rings. The van der Waals surface area contributed by atoms with Crippen molar-refractivity contribution >= 4 is 29.1 Å². The molecule has 0 bridgehead atoms. The Kier molecular flexibility index (Phi) is 5.27. The molecule has 3 aromatic heterocycles. The van der Waals surface area contributed by atoms with E-state index in [1.165, 1.54) is 11.8 Å². The molecule has 1 aromatic carbocycles. The van der Waals surface area contributed by atoms with Crippen molar-refractivity contribution in [1.82, 2.24) is 24.3 Å². The van der Waals surface area contributed by atoms with Crippen LogP contribution >= 0.6 is 23.4 Å². The average Bonchev–Trinajstić information content (AvgIpc) is 3.34. The summed E-state index contributed by atoms with van der Waals surface area (Å²) in [5, 5.41) is 9.97. The van der Waals surface area contributed by atoms with Gasteiger partial charge in [-0.25, -0.2) is 0 Å². The Morgan fingerprint density at radius 1 is 1.07 bits per heavy atom. The Bertz CT molecular complexity index is 1110. The molecule has 0 spiro atoms. The van der Waals surface area contributed by atoms with Crippen molar-refractivity contribution in [2.75, 3.05) is 5.75 Å². The lowest BCUT2D eigenvalue weighted by Gasteiger charge is -2.10. The topological polar surface area (TPSA) is 65.6 Å². The Morgan fingerprint density at radius 2 is 1.82 bits per heavy atom. The van der Waals surface area contributed by atoms with Gasteiger partial charge in [0.1, 0.15) is 0 Å². The first-order chi connectivity index (χ1) is 13.6. The number of rotatable bonds is 6. The standard InChI is InChI=1S/C20H16ClN5OS/c1-25-12-2-3-17(25)18(27)13-28-20-24-23-19(14-8-10-22-11-9-14)26(20)16-6-4-15(21)5-7-16/h2-12H,13H2,1H3. The third-order valence-corrected chi connectivity index (χ3v) is 5.40. The molecule has 0 aliphatic rings. The molecule has 0 amide bonds. The SMILES string of the molecule is Cn1cccc1C(=O)CSc1nnc(-c2ccncc2)n1-c1ccc(Cl)cc1. The molecule has 0 aliphatic heterocycles. The molecule has 0 N–H and O–H groups in total. The summed E-state index contributed by atoms with van der Waals surface area (Å²) < 4.78 is 3.74. The van der Waals surface area contributed by atoms with Gasteiger partial charge >= 0.3 is 0 Å². The van der Waals surface area contributed by atoms with Crippen molar-refractivity contribution in [2.24, 2.45) is 7.05 Å². The maximum Gasteiger partial charge on any atom is 0.196 e. The van der Waals surface area contributed by atoms with E-state index in [4.69, 9.17) is 11.6 Å². The maximum absolute atomic E-state index is 12.5. The Hall–Kier alpha value is -2.90. The zero-order chi connectivity index (χ0) is 19.5. The van der Waals surface area contributed by atoms with Crippen LogP contribution in [0.25, 0.3) is 17.1 Å². The van der Waals surface area contributed by atoms with Crippen LogP contribution in [-0.2, 0) is 7.05 Å². The van der Waals surface area contributed by atoms with Gasteiger partial charge < -0.3 is 4.57 Å². The first kappa shape index (κ1) is 18.5. The first-order valence-corrected chi connectivity index (χ1v) is 9.89. The zero-order valence-electron chi connectivity index (χ0n) is 15.0. The highest BCUT2D eigenvalue weighted by Crippen LogP contribution is 2.28. The van der Waals surface area contributed by atoms with E-state index in [-0.39, 0.29) is 11.5 Å². The fourth-order valence-corrected chi connectivity index (χ4v) is 3.78. The summed E-state index contributed by atoms with van der Waals surface area (Å²) in [6, 6.07) is 14.9. The second kappa shape index (κ2) is 8.00. The number of aromatic nitrogens is 5. The fourth-order valence-electron chi connectivity index (χ4n) is 2.83. The highest BCUT2D eigenvalue weighted by Gasteiger charge is 2.18. The van der Waals surface area contributed by atoms with Crippen molar-refractivity contribution in [3.63, 3.8) is 0 Å². The molecule has 6 nitrogen and oxygen atoms in total. The normalized spacial score (nSPS) is 10.9. The second-order valence-electron chi connectivity index (χ2n) is 6.07. The first-order valence-electron chi connectivity index (χ1n) is 8.52. The van der Waals surface area contributed by atoms with E-state index in [0.29, 0.717) is 21.7 Å². The number of carbonyl (C=O) groups excluding carboxylic acids is 1. The van der Waals surface area contributed by atoms with E-state index in [1.54, 1.807) is 12.4 Å². The summed E-state index contributed by atoms with van der Waals surface area (Å²) in [5.41, 5.74) is 2.42. The Balaban J connectivity index is 1.69. The smallest absolute Gasteiger partial charge is 0.196 e. The number of aryl methyl sites for hydroxylation is 1. The van der Waals surface area contributed by atoms with Crippen LogP contribution in [0.15, 0.2) is 72.3 Å². The van der Waals surface area contributed by atoms with Crippen LogP contribution in [-0.4, -0.2) is 35.9 Å². The molecule has 3 heterocycles. The predicted molar refractivity (Wildman–Crippen MR) is 110 cm³/mol. The van der Waals surface area contributed by atoms with Crippen LogP contribution in [0.2, 0.25) is 5.02 Å². The summed E-state index contributed by atoms with van der Waals surface area (Å²) in [4.78, 5) is 16.6. The number of halogens is 1. The molecule has 0 unspecified atom stereocenters. The summed E-state index contributed by atoms with van der Waals surface area (Å²) >= 11 is 7.40. The van der Waals surface area contributed by atoms with E-state index in [2.05, 4.69) is 15.2 Å². The van der Waals surface area contributed by atoms with E-state index in [9.17, 15) is 4.79 Å². The molecule has 0 saturated carbocycles. The lowest BCUT2D eigenvalue weighted by Crippen LogP contribution is -2.08. The number of Topliss-reactive ketones (excluding diaryl/α,β-unsaturated/α-hetero) is 1. The number of thioether (sulfide) groups is 1. The van der Waals surface area contributed by atoms with Crippen LogP contribution in [0, 0.1) is 0 Å². The number of hydrogen-bond acceptors (Lipinski definition) is 5. The van der Waals surface area contributed by atoms with Crippen LogP contribution in [0.1, 0.15) is 10.5 Å². The van der Waals surface area contributed by atoms with Crippen LogP contribution in [0.5, 0.6) is 0 Å². The van der Waals surface area contributed by atoms with Crippen molar-refractivity contribution in [1.29, 1.82) is 0 Å². The molecular weight excluding hydrogens is 394 g/mol. The number of carbonyl (C=O) groups is 1. The lowest BCUT2D eigenvalue weighted by molar-refractivity contribution is 0.101. The third kappa shape index (κ3) is 3.72. The van der Waals surface area contributed by atoms with Crippen LogP contribution < -0.4 is 0 Å². The van der Waals surface area contributed by atoms with Gasteiger partial charge in [0.25, 0.3) is 0 Å². The Morgan fingerprint density at radius 3 is 2.50 bits per heavy atom. The number of nitrogens with zero attached hydrogens (tertiary/aromatic N) is 5. The number of ketones is 1. The van der Waals surface area contributed by atoms with Gasteiger partial charge in [0.15, 0.2) is 16.8 Å². The van der Waals surface area contributed by atoms with E-state index >= 15 is 0 Å². The largest absolute Gasteiger partial charge is 0.348 e. The second-order valence-corrected chi connectivity index (χ2v) is 7.45. The maximum atomic E-state index is 12.5. The monoisotopic (exact) mass is 409 g/mol. The molecule has 140 valence electrons. The molecular formula is C20H16ClN5OS. The van der Waals surface area contributed by atoms with Gasteiger partial charge in [0.2, 0.25) is 0 Å². The third-order valence-electron chi connectivity index (χ3n) is 4.22. The highest BCUT2D eigenvalue weighted by molar-refractivity contribution is 7.99. The van der Waals surface area contributed by atoms with Gasteiger partial charge in [0.05, 0.1) is 11.4 Å². The van der Waals surface area contributed by atoms with Gasteiger partial charge in [-0.1, -0.05) is 23.4 Å². The van der Waals surface area contributed by atoms with Gasteiger partial charge in [-0.05, 0) is 48.5 Å². The number of benzene rings is 1. The van der Waals surface area contributed by atoms with Crippen molar-refractivity contribution in [2.45, 2.75) is 5.16 Å². The summed E-state index contributed by atoms with van der Waals surface area (Å²) in [6.45, 7) is 0. The molecule has 4 aromatic rings. The molecule has 0 radical (unpaired) electrons. The van der Waals surface area contributed by atoms with Crippen LogP contribution in [0.4, 0.5) is 0 Å². The van der Waals surface area contributed by atoms with Crippen molar-refractivity contribution in [3.05, 3.63) is 77.8 Å². The molecule has 0 aliphatic carbocycles. The molecule has 28 heavy (non-hydrogen) atoms. The molecule has 4 rings (SSSR count). The highest BCUT2D eigenvalue weighted by atomic mass is 35.5. The number of hydrogen-bond donors (Lipinski definition) is 0.